The van der Waals surface area contributed by atoms with Crippen molar-refractivity contribution < 1.29 is 14.7 Å². The molecule has 0 heterocycles. The summed E-state index contributed by atoms with van der Waals surface area (Å²) in [5.41, 5.74) is 1.02. The number of benzene rings is 2. The Balaban J connectivity index is 2.36. The lowest BCUT2D eigenvalue weighted by Gasteiger charge is -2.28. The maximum absolute atomic E-state index is 12.9. The van der Waals surface area contributed by atoms with Gasteiger partial charge in [0.05, 0.1) is 10.6 Å². The Morgan fingerprint density at radius 3 is 2.40 bits per heavy atom. The van der Waals surface area contributed by atoms with Crippen LogP contribution in [0, 0.1) is 0 Å². The number of carbonyl (C=O) groups is 2. The Labute approximate surface area is 156 Å². The van der Waals surface area contributed by atoms with Crippen molar-refractivity contribution in [1.29, 1.82) is 0 Å². The zero-order chi connectivity index (χ0) is 18.4. The van der Waals surface area contributed by atoms with Gasteiger partial charge in [0.2, 0.25) is 0 Å². The third kappa shape index (κ3) is 4.84. The molecule has 1 atom stereocenters. The van der Waals surface area contributed by atoms with Crippen molar-refractivity contribution in [3.05, 3.63) is 82.4 Å². The SMILES string of the molecule is C=CCN(C(=O)c1ccc(Cl)cc1Cl)C(Cc1ccccc1)C(=O)O. The highest BCUT2D eigenvalue weighted by Gasteiger charge is 2.30. The molecular weight excluding hydrogens is 361 g/mol. The standard InChI is InChI=1S/C19H17Cl2NO3/c1-2-10-22(18(23)15-9-8-14(20)12-16(15)21)17(19(24)25)11-13-6-4-3-5-7-13/h2-9,12,17H,1,10-11H2,(H,24,25). The molecule has 0 bridgehead atoms. The van der Waals surface area contributed by atoms with Crippen molar-refractivity contribution in [2.45, 2.75) is 12.5 Å². The van der Waals surface area contributed by atoms with Crippen LogP contribution in [0.15, 0.2) is 61.2 Å². The zero-order valence-corrected chi connectivity index (χ0v) is 14.9. The molecule has 2 aromatic rings. The number of carboxylic acid groups (broad SMARTS) is 1. The maximum atomic E-state index is 12.9. The molecule has 6 heteroatoms. The minimum Gasteiger partial charge on any atom is -0.480 e. The lowest BCUT2D eigenvalue weighted by molar-refractivity contribution is -0.142. The van der Waals surface area contributed by atoms with Crippen LogP contribution in [0.5, 0.6) is 0 Å². The molecule has 4 nitrogen and oxygen atoms in total. The number of aliphatic carboxylic acids is 1. The van der Waals surface area contributed by atoms with E-state index in [1.165, 1.54) is 23.1 Å². The van der Waals surface area contributed by atoms with Gasteiger partial charge in [-0.05, 0) is 23.8 Å². The summed E-state index contributed by atoms with van der Waals surface area (Å²) in [6.45, 7) is 3.71. The predicted molar refractivity (Wildman–Crippen MR) is 99.3 cm³/mol. The van der Waals surface area contributed by atoms with E-state index in [9.17, 15) is 14.7 Å². The van der Waals surface area contributed by atoms with Gasteiger partial charge in [-0.25, -0.2) is 4.79 Å². The van der Waals surface area contributed by atoms with Gasteiger partial charge in [-0.3, -0.25) is 4.79 Å². The molecule has 0 aliphatic carbocycles. The number of amides is 1. The van der Waals surface area contributed by atoms with Crippen molar-refractivity contribution in [1.82, 2.24) is 4.90 Å². The summed E-state index contributed by atoms with van der Waals surface area (Å²) in [5, 5.41) is 10.2. The molecule has 2 rings (SSSR count). The van der Waals surface area contributed by atoms with E-state index in [1.807, 2.05) is 30.3 Å². The van der Waals surface area contributed by atoms with E-state index in [0.717, 1.165) is 5.56 Å². The lowest BCUT2D eigenvalue weighted by Crippen LogP contribution is -2.46. The minimum atomic E-state index is -1.09. The summed E-state index contributed by atoms with van der Waals surface area (Å²) in [4.78, 5) is 26.0. The van der Waals surface area contributed by atoms with Crippen molar-refractivity contribution in [3.8, 4) is 0 Å². The summed E-state index contributed by atoms with van der Waals surface area (Å²) in [6.07, 6.45) is 1.67. The van der Waals surface area contributed by atoms with E-state index >= 15 is 0 Å². The first-order valence-corrected chi connectivity index (χ1v) is 8.33. The number of hydrogen-bond donors (Lipinski definition) is 1. The van der Waals surface area contributed by atoms with Crippen LogP contribution in [-0.4, -0.2) is 34.5 Å². The predicted octanol–water partition coefficient (Wildman–Crippen LogP) is 4.32. The molecule has 2 aromatic carbocycles. The van der Waals surface area contributed by atoms with Crippen molar-refractivity contribution in [3.63, 3.8) is 0 Å². The average molecular weight is 378 g/mol. The van der Waals surface area contributed by atoms with Gasteiger partial charge in [0.15, 0.2) is 0 Å². The highest BCUT2D eigenvalue weighted by molar-refractivity contribution is 6.36. The Kier molecular flexibility index (Phi) is 6.62. The van der Waals surface area contributed by atoms with Gasteiger partial charge in [-0.2, -0.15) is 0 Å². The normalized spacial score (nSPS) is 11.6. The van der Waals surface area contributed by atoms with Gasteiger partial charge >= 0.3 is 5.97 Å². The van der Waals surface area contributed by atoms with Crippen LogP contribution in [0.2, 0.25) is 10.0 Å². The minimum absolute atomic E-state index is 0.0849. The highest BCUT2D eigenvalue weighted by Crippen LogP contribution is 2.24. The van der Waals surface area contributed by atoms with E-state index in [2.05, 4.69) is 6.58 Å². The molecule has 0 saturated carbocycles. The first-order valence-electron chi connectivity index (χ1n) is 7.57. The summed E-state index contributed by atoms with van der Waals surface area (Å²) >= 11 is 12.0. The second-order valence-electron chi connectivity index (χ2n) is 5.41. The van der Waals surface area contributed by atoms with Gasteiger partial charge in [-0.1, -0.05) is 59.6 Å². The highest BCUT2D eigenvalue weighted by atomic mass is 35.5. The fourth-order valence-electron chi connectivity index (χ4n) is 2.48. The van der Waals surface area contributed by atoms with Gasteiger partial charge < -0.3 is 10.0 Å². The summed E-state index contributed by atoms with van der Waals surface area (Å²) in [7, 11) is 0. The first-order chi connectivity index (χ1) is 11.9. The maximum Gasteiger partial charge on any atom is 0.326 e. The number of halogens is 2. The number of rotatable bonds is 7. The molecule has 0 aliphatic heterocycles. The summed E-state index contributed by atoms with van der Waals surface area (Å²) in [6, 6.07) is 12.6. The van der Waals surface area contributed by atoms with E-state index in [0.29, 0.717) is 5.02 Å². The van der Waals surface area contributed by atoms with E-state index in [-0.39, 0.29) is 23.6 Å². The summed E-state index contributed by atoms with van der Waals surface area (Å²) < 4.78 is 0. The lowest BCUT2D eigenvalue weighted by atomic mass is 10.0. The second kappa shape index (κ2) is 8.70. The Morgan fingerprint density at radius 1 is 1.16 bits per heavy atom. The second-order valence-corrected chi connectivity index (χ2v) is 6.26. The molecule has 1 amide bonds. The van der Waals surface area contributed by atoms with E-state index < -0.39 is 17.9 Å². The van der Waals surface area contributed by atoms with Gasteiger partial charge in [0.25, 0.3) is 5.91 Å². The average Bonchev–Trinajstić information content (AvgIpc) is 2.58. The van der Waals surface area contributed by atoms with Crippen LogP contribution >= 0.6 is 23.2 Å². The van der Waals surface area contributed by atoms with Crippen molar-refractivity contribution >= 4 is 35.1 Å². The summed E-state index contributed by atoms with van der Waals surface area (Å²) in [5.74, 6) is -1.57. The van der Waals surface area contributed by atoms with Crippen LogP contribution < -0.4 is 0 Å². The zero-order valence-electron chi connectivity index (χ0n) is 13.4. The molecule has 130 valence electrons. The monoisotopic (exact) mass is 377 g/mol. The molecule has 0 spiro atoms. The molecule has 0 aliphatic rings. The molecule has 0 radical (unpaired) electrons. The third-order valence-corrected chi connectivity index (χ3v) is 4.23. The van der Waals surface area contributed by atoms with E-state index in [1.54, 1.807) is 6.07 Å². The number of hydrogen-bond acceptors (Lipinski definition) is 2. The Bertz CT molecular complexity index is 777. The molecule has 0 fully saturated rings. The fourth-order valence-corrected chi connectivity index (χ4v) is 2.97. The van der Waals surface area contributed by atoms with Crippen LogP contribution in [-0.2, 0) is 11.2 Å². The molecule has 25 heavy (non-hydrogen) atoms. The fraction of sp³-hybridized carbons (Fsp3) is 0.158. The molecule has 1 unspecified atom stereocenters. The number of nitrogens with zero attached hydrogens (tertiary/aromatic N) is 1. The smallest absolute Gasteiger partial charge is 0.326 e. The van der Waals surface area contributed by atoms with E-state index in [4.69, 9.17) is 23.2 Å². The molecule has 0 saturated heterocycles. The number of carboxylic acids is 1. The Morgan fingerprint density at radius 2 is 1.84 bits per heavy atom. The molecule has 1 N–H and O–H groups in total. The van der Waals surface area contributed by atoms with Gasteiger partial charge in [0, 0.05) is 18.0 Å². The number of carbonyl (C=O) groups excluding carboxylic acids is 1. The van der Waals surface area contributed by atoms with Crippen LogP contribution in [0.25, 0.3) is 0 Å². The van der Waals surface area contributed by atoms with Crippen LogP contribution in [0.3, 0.4) is 0 Å². The molecular formula is C19H17Cl2NO3. The third-order valence-electron chi connectivity index (χ3n) is 3.68. The van der Waals surface area contributed by atoms with Crippen LogP contribution in [0.1, 0.15) is 15.9 Å². The quantitative estimate of drug-likeness (QED) is 0.731. The first kappa shape index (κ1) is 19.0. The van der Waals surface area contributed by atoms with Crippen molar-refractivity contribution in [2.75, 3.05) is 6.54 Å². The van der Waals surface area contributed by atoms with Crippen LogP contribution in [0.4, 0.5) is 0 Å². The van der Waals surface area contributed by atoms with Gasteiger partial charge in [-0.15, -0.1) is 6.58 Å². The molecule has 0 aromatic heterocycles. The topological polar surface area (TPSA) is 57.6 Å². The van der Waals surface area contributed by atoms with Gasteiger partial charge in [0.1, 0.15) is 6.04 Å². The Hall–Kier alpha value is -2.30. The van der Waals surface area contributed by atoms with Crippen molar-refractivity contribution in [2.24, 2.45) is 0 Å². The largest absolute Gasteiger partial charge is 0.480 e.